The number of hydrogen-bond acceptors (Lipinski definition) is 2. The third-order valence-corrected chi connectivity index (χ3v) is 3.88. The maximum atomic E-state index is 13.6. The van der Waals surface area contributed by atoms with E-state index >= 15 is 0 Å². The molecule has 25 heavy (non-hydrogen) atoms. The van der Waals surface area contributed by atoms with Crippen molar-refractivity contribution in [1.29, 1.82) is 0 Å². The summed E-state index contributed by atoms with van der Waals surface area (Å²) in [6.45, 7) is 2.78. The van der Waals surface area contributed by atoms with Gasteiger partial charge < -0.3 is 10.6 Å². The average molecular weight is 334 g/mol. The lowest BCUT2D eigenvalue weighted by molar-refractivity contribution is 0.102. The maximum Gasteiger partial charge on any atom is 0.258 e. The lowest BCUT2D eigenvalue weighted by atomic mass is 10.1. The van der Waals surface area contributed by atoms with Crippen molar-refractivity contribution in [3.63, 3.8) is 0 Å². The molecule has 0 aromatic heterocycles. The molecule has 0 aliphatic rings. The number of amides is 1. The Morgan fingerprint density at radius 1 is 0.880 bits per heavy atom. The molecule has 2 N–H and O–H groups in total. The SMILES string of the molecule is Cc1ccc(CNc2ccc(NC(=O)c3ccccc3F)cc2)cc1. The zero-order valence-electron chi connectivity index (χ0n) is 13.9. The Morgan fingerprint density at radius 2 is 1.52 bits per heavy atom. The van der Waals surface area contributed by atoms with Crippen LogP contribution in [0.4, 0.5) is 15.8 Å². The largest absolute Gasteiger partial charge is 0.381 e. The predicted octanol–water partition coefficient (Wildman–Crippen LogP) is 5.00. The second-order valence-corrected chi connectivity index (χ2v) is 5.85. The lowest BCUT2D eigenvalue weighted by Gasteiger charge is -2.09. The predicted molar refractivity (Wildman–Crippen MR) is 99.3 cm³/mol. The summed E-state index contributed by atoms with van der Waals surface area (Å²) < 4.78 is 13.6. The minimum absolute atomic E-state index is 0.0315. The number of benzene rings is 3. The van der Waals surface area contributed by atoms with Crippen LogP contribution < -0.4 is 10.6 Å². The lowest BCUT2D eigenvalue weighted by Crippen LogP contribution is -2.13. The fourth-order valence-corrected chi connectivity index (χ4v) is 2.43. The van der Waals surface area contributed by atoms with E-state index in [0.29, 0.717) is 5.69 Å². The van der Waals surface area contributed by atoms with Crippen molar-refractivity contribution in [2.45, 2.75) is 13.5 Å². The van der Waals surface area contributed by atoms with E-state index in [2.05, 4.69) is 41.8 Å². The van der Waals surface area contributed by atoms with Crippen LogP contribution in [0, 0.1) is 12.7 Å². The summed E-state index contributed by atoms with van der Waals surface area (Å²) in [5.74, 6) is -0.991. The fraction of sp³-hybridized carbons (Fsp3) is 0.0952. The minimum atomic E-state index is -0.531. The van der Waals surface area contributed by atoms with Gasteiger partial charge in [0.1, 0.15) is 5.82 Å². The highest BCUT2D eigenvalue weighted by molar-refractivity contribution is 6.04. The Balaban J connectivity index is 1.59. The molecule has 3 aromatic carbocycles. The molecule has 0 aliphatic carbocycles. The first-order chi connectivity index (χ1) is 12.1. The summed E-state index contributed by atoms with van der Waals surface area (Å²) in [5.41, 5.74) is 4.03. The van der Waals surface area contributed by atoms with E-state index in [4.69, 9.17) is 0 Å². The average Bonchev–Trinajstić information content (AvgIpc) is 2.63. The van der Waals surface area contributed by atoms with Gasteiger partial charge in [0, 0.05) is 17.9 Å². The van der Waals surface area contributed by atoms with Gasteiger partial charge in [-0.25, -0.2) is 4.39 Å². The minimum Gasteiger partial charge on any atom is -0.381 e. The summed E-state index contributed by atoms with van der Waals surface area (Å²) in [4.78, 5) is 12.1. The molecule has 0 fully saturated rings. The van der Waals surface area contributed by atoms with Crippen LogP contribution in [-0.4, -0.2) is 5.91 Å². The van der Waals surface area contributed by atoms with Crippen LogP contribution in [-0.2, 0) is 6.54 Å². The molecule has 0 saturated carbocycles. The second-order valence-electron chi connectivity index (χ2n) is 5.85. The highest BCUT2D eigenvalue weighted by Gasteiger charge is 2.10. The van der Waals surface area contributed by atoms with Gasteiger partial charge in [0.15, 0.2) is 0 Å². The Kier molecular flexibility index (Phi) is 5.09. The van der Waals surface area contributed by atoms with Gasteiger partial charge in [-0.05, 0) is 48.9 Å². The molecule has 0 aliphatic heterocycles. The van der Waals surface area contributed by atoms with Gasteiger partial charge in [-0.1, -0.05) is 42.0 Å². The standard InChI is InChI=1S/C21H19FN2O/c1-15-6-8-16(9-7-15)14-23-17-10-12-18(13-11-17)24-21(25)19-4-2-3-5-20(19)22/h2-13,23H,14H2,1H3,(H,24,25). The summed E-state index contributed by atoms with van der Waals surface area (Å²) >= 11 is 0. The summed E-state index contributed by atoms with van der Waals surface area (Å²) in [6, 6.07) is 21.6. The molecule has 0 heterocycles. The Hall–Kier alpha value is -3.14. The first-order valence-electron chi connectivity index (χ1n) is 8.07. The molecular formula is C21H19FN2O. The van der Waals surface area contributed by atoms with Gasteiger partial charge in [-0.2, -0.15) is 0 Å². The van der Waals surface area contributed by atoms with Crippen LogP contribution in [0.1, 0.15) is 21.5 Å². The highest BCUT2D eigenvalue weighted by atomic mass is 19.1. The molecule has 3 aromatic rings. The first kappa shape index (κ1) is 16.7. The Bertz CT molecular complexity index is 858. The fourth-order valence-electron chi connectivity index (χ4n) is 2.43. The molecule has 0 atom stereocenters. The monoisotopic (exact) mass is 334 g/mol. The van der Waals surface area contributed by atoms with Crippen molar-refractivity contribution in [3.8, 4) is 0 Å². The number of halogens is 1. The van der Waals surface area contributed by atoms with Gasteiger partial charge in [-0.3, -0.25) is 4.79 Å². The summed E-state index contributed by atoms with van der Waals surface area (Å²) in [6.07, 6.45) is 0. The molecule has 0 unspecified atom stereocenters. The highest BCUT2D eigenvalue weighted by Crippen LogP contribution is 2.16. The van der Waals surface area contributed by atoms with E-state index < -0.39 is 11.7 Å². The van der Waals surface area contributed by atoms with Gasteiger partial charge in [0.2, 0.25) is 0 Å². The summed E-state index contributed by atoms with van der Waals surface area (Å²) in [7, 11) is 0. The van der Waals surface area contributed by atoms with Crippen LogP contribution in [0.25, 0.3) is 0 Å². The van der Waals surface area contributed by atoms with Crippen molar-refractivity contribution < 1.29 is 9.18 Å². The first-order valence-corrected chi connectivity index (χ1v) is 8.07. The molecule has 1 amide bonds. The van der Waals surface area contributed by atoms with E-state index in [9.17, 15) is 9.18 Å². The van der Waals surface area contributed by atoms with Crippen molar-refractivity contribution in [2.75, 3.05) is 10.6 Å². The van der Waals surface area contributed by atoms with Crippen molar-refractivity contribution in [1.82, 2.24) is 0 Å². The molecule has 3 nitrogen and oxygen atoms in total. The van der Waals surface area contributed by atoms with Crippen LogP contribution in [0.15, 0.2) is 72.8 Å². The second kappa shape index (κ2) is 7.62. The normalized spacial score (nSPS) is 10.3. The summed E-state index contributed by atoms with van der Waals surface area (Å²) in [5, 5.41) is 6.03. The number of anilines is 2. The van der Waals surface area contributed by atoms with E-state index in [1.165, 1.54) is 23.3 Å². The van der Waals surface area contributed by atoms with Crippen LogP contribution in [0.3, 0.4) is 0 Å². The molecule has 4 heteroatoms. The number of carbonyl (C=O) groups is 1. The van der Waals surface area contributed by atoms with E-state index in [-0.39, 0.29) is 5.56 Å². The quantitative estimate of drug-likeness (QED) is 0.689. The van der Waals surface area contributed by atoms with Gasteiger partial charge in [0.05, 0.1) is 5.56 Å². The van der Waals surface area contributed by atoms with Crippen LogP contribution in [0.5, 0.6) is 0 Å². The molecule has 0 spiro atoms. The number of carbonyl (C=O) groups excluding carboxylic acids is 1. The number of aryl methyl sites for hydroxylation is 1. The molecule has 3 rings (SSSR count). The maximum absolute atomic E-state index is 13.6. The van der Waals surface area contributed by atoms with Crippen molar-refractivity contribution >= 4 is 17.3 Å². The zero-order valence-corrected chi connectivity index (χ0v) is 13.9. The molecular weight excluding hydrogens is 315 g/mol. The molecule has 0 bridgehead atoms. The number of rotatable bonds is 5. The smallest absolute Gasteiger partial charge is 0.258 e. The van der Waals surface area contributed by atoms with Crippen molar-refractivity contribution in [3.05, 3.63) is 95.3 Å². The van der Waals surface area contributed by atoms with Gasteiger partial charge in [0.25, 0.3) is 5.91 Å². The number of nitrogens with one attached hydrogen (secondary N) is 2. The van der Waals surface area contributed by atoms with E-state index in [1.54, 1.807) is 24.3 Å². The van der Waals surface area contributed by atoms with Crippen LogP contribution in [0.2, 0.25) is 0 Å². The Morgan fingerprint density at radius 3 is 2.20 bits per heavy atom. The van der Waals surface area contributed by atoms with E-state index in [0.717, 1.165) is 12.2 Å². The third kappa shape index (κ3) is 4.44. The van der Waals surface area contributed by atoms with Gasteiger partial charge >= 0.3 is 0 Å². The third-order valence-electron chi connectivity index (χ3n) is 3.88. The zero-order chi connectivity index (χ0) is 17.6. The van der Waals surface area contributed by atoms with Gasteiger partial charge in [-0.15, -0.1) is 0 Å². The topological polar surface area (TPSA) is 41.1 Å². The van der Waals surface area contributed by atoms with E-state index in [1.807, 2.05) is 12.1 Å². The Labute approximate surface area is 146 Å². The van der Waals surface area contributed by atoms with Crippen molar-refractivity contribution in [2.24, 2.45) is 0 Å². The number of hydrogen-bond donors (Lipinski definition) is 2. The van der Waals surface area contributed by atoms with Crippen LogP contribution >= 0.6 is 0 Å². The molecule has 126 valence electrons. The molecule has 0 saturated heterocycles. The molecule has 0 radical (unpaired) electrons.